The summed E-state index contributed by atoms with van der Waals surface area (Å²) in [4.78, 5) is 24.7. The van der Waals surface area contributed by atoms with Crippen molar-refractivity contribution in [2.75, 3.05) is 10.6 Å². The van der Waals surface area contributed by atoms with E-state index in [4.69, 9.17) is 4.74 Å². The first kappa shape index (κ1) is 26.4. The van der Waals surface area contributed by atoms with Crippen molar-refractivity contribution in [1.29, 1.82) is 0 Å². The smallest absolute Gasteiger partial charge is 0.416 e. The first-order valence-electron chi connectivity index (χ1n) is 10.8. The fourth-order valence-electron chi connectivity index (χ4n) is 3.29. The van der Waals surface area contributed by atoms with Crippen LogP contribution in [-0.4, -0.2) is 25.6 Å². The Hall–Kier alpha value is -4.62. The SMILES string of the molecule is Cc1ncn(-c2cc(Oc3ccc(NC(=O)Nc4cc(C(F)(F)F)cc(C(F)(F)F)c4)cc3)ncn2)c1C. The highest BCUT2D eigenvalue weighted by Crippen LogP contribution is 2.37. The molecule has 38 heavy (non-hydrogen) atoms. The molecule has 0 unspecified atom stereocenters. The molecule has 198 valence electrons. The first-order chi connectivity index (χ1) is 17.8. The number of nitrogens with zero attached hydrogens (tertiary/aromatic N) is 4. The van der Waals surface area contributed by atoms with Gasteiger partial charge < -0.3 is 15.4 Å². The number of aryl methyl sites for hydroxylation is 1. The number of amides is 2. The topological polar surface area (TPSA) is 94.0 Å². The second kappa shape index (κ2) is 10.0. The standard InChI is InChI=1S/C24H18F6N6O2/c1-13-14(2)36(12-33-13)20-10-21(32-11-31-20)38-19-5-3-17(4-6-19)34-22(37)35-18-8-15(23(25,26)27)7-16(9-18)24(28,29)30/h3-12H,1-2H3,(H2,34,35,37). The number of aromatic nitrogens is 4. The van der Waals surface area contributed by atoms with Crippen molar-refractivity contribution < 1.29 is 35.9 Å². The van der Waals surface area contributed by atoms with E-state index in [1.54, 1.807) is 17.0 Å². The van der Waals surface area contributed by atoms with E-state index in [1.165, 1.54) is 30.6 Å². The molecule has 4 rings (SSSR count). The maximum atomic E-state index is 13.0. The average molecular weight is 536 g/mol. The number of hydrogen-bond acceptors (Lipinski definition) is 5. The average Bonchev–Trinajstić information content (AvgIpc) is 3.17. The number of urea groups is 1. The monoisotopic (exact) mass is 536 g/mol. The number of carbonyl (C=O) groups is 1. The Morgan fingerprint density at radius 1 is 0.816 bits per heavy atom. The van der Waals surface area contributed by atoms with Crippen LogP contribution < -0.4 is 15.4 Å². The van der Waals surface area contributed by atoms with Gasteiger partial charge in [-0.25, -0.2) is 19.7 Å². The van der Waals surface area contributed by atoms with Gasteiger partial charge in [0.05, 0.1) is 16.8 Å². The van der Waals surface area contributed by atoms with Gasteiger partial charge in [-0.3, -0.25) is 4.57 Å². The lowest BCUT2D eigenvalue weighted by atomic mass is 10.1. The molecule has 0 radical (unpaired) electrons. The molecule has 14 heteroatoms. The van der Waals surface area contributed by atoms with Gasteiger partial charge in [0.2, 0.25) is 5.88 Å². The normalized spacial score (nSPS) is 11.8. The number of rotatable bonds is 5. The largest absolute Gasteiger partial charge is 0.439 e. The number of carbonyl (C=O) groups excluding carboxylic acids is 1. The van der Waals surface area contributed by atoms with Crippen molar-refractivity contribution in [3.8, 4) is 17.4 Å². The van der Waals surface area contributed by atoms with Crippen molar-refractivity contribution in [3.63, 3.8) is 0 Å². The highest BCUT2D eigenvalue weighted by molar-refractivity contribution is 5.99. The molecule has 0 saturated heterocycles. The molecule has 0 atom stereocenters. The van der Waals surface area contributed by atoms with Gasteiger partial charge >= 0.3 is 18.4 Å². The van der Waals surface area contributed by atoms with Gasteiger partial charge in [-0.05, 0) is 56.3 Å². The van der Waals surface area contributed by atoms with Gasteiger partial charge in [-0.15, -0.1) is 0 Å². The highest BCUT2D eigenvalue weighted by atomic mass is 19.4. The van der Waals surface area contributed by atoms with Crippen LogP contribution in [0.2, 0.25) is 0 Å². The zero-order valence-electron chi connectivity index (χ0n) is 19.6. The molecule has 0 aliphatic carbocycles. The molecule has 0 fully saturated rings. The van der Waals surface area contributed by atoms with Crippen LogP contribution in [-0.2, 0) is 12.4 Å². The summed E-state index contributed by atoms with van der Waals surface area (Å²) in [5, 5.41) is 4.33. The number of ether oxygens (including phenoxy) is 1. The number of hydrogen-bond donors (Lipinski definition) is 2. The van der Waals surface area contributed by atoms with Crippen LogP contribution in [0, 0.1) is 13.8 Å². The molecule has 2 aromatic heterocycles. The second-order valence-electron chi connectivity index (χ2n) is 8.00. The van der Waals surface area contributed by atoms with Crippen LogP contribution in [0.5, 0.6) is 11.6 Å². The van der Waals surface area contributed by atoms with E-state index in [-0.39, 0.29) is 17.6 Å². The molecular formula is C24H18F6N6O2. The number of alkyl halides is 6. The summed E-state index contributed by atoms with van der Waals surface area (Å²) >= 11 is 0. The summed E-state index contributed by atoms with van der Waals surface area (Å²) in [6.45, 7) is 3.74. The Kier molecular flexibility index (Phi) is 6.98. The van der Waals surface area contributed by atoms with E-state index in [0.717, 1.165) is 11.4 Å². The molecule has 2 heterocycles. The van der Waals surface area contributed by atoms with Crippen molar-refractivity contribution in [2.45, 2.75) is 26.2 Å². The predicted molar refractivity (Wildman–Crippen MR) is 124 cm³/mol. The molecular weight excluding hydrogens is 518 g/mol. The number of benzene rings is 2. The van der Waals surface area contributed by atoms with Crippen molar-refractivity contribution in [1.82, 2.24) is 19.5 Å². The third-order valence-electron chi connectivity index (χ3n) is 5.31. The minimum Gasteiger partial charge on any atom is -0.439 e. The number of nitrogens with one attached hydrogen (secondary N) is 2. The van der Waals surface area contributed by atoms with Crippen LogP contribution in [0.4, 0.5) is 42.5 Å². The van der Waals surface area contributed by atoms with Gasteiger partial charge in [0.15, 0.2) is 0 Å². The first-order valence-corrected chi connectivity index (χ1v) is 10.8. The van der Waals surface area contributed by atoms with Crippen molar-refractivity contribution >= 4 is 17.4 Å². The van der Waals surface area contributed by atoms with Crippen molar-refractivity contribution in [3.05, 3.63) is 83.7 Å². The van der Waals surface area contributed by atoms with Crippen LogP contribution >= 0.6 is 0 Å². The van der Waals surface area contributed by atoms with E-state index in [0.29, 0.717) is 23.7 Å². The van der Waals surface area contributed by atoms with Crippen LogP contribution in [0.1, 0.15) is 22.5 Å². The summed E-state index contributed by atoms with van der Waals surface area (Å²) in [5.74, 6) is 1.10. The molecule has 2 amide bonds. The number of anilines is 2. The van der Waals surface area contributed by atoms with Crippen LogP contribution in [0.15, 0.2) is 61.2 Å². The predicted octanol–water partition coefficient (Wildman–Crippen LogP) is 6.75. The molecule has 2 N–H and O–H groups in total. The quantitative estimate of drug-likeness (QED) is 0.275. The molecule has 0 bridgehead atoms. The van der Waals surface area contributed by atoms with Gasteiger partial charge in [0, 0.05) is 23.1 Å². The minimum absolute atomic E-state index is 0.0277. The number of halogens is 6. The highest BCUT2D eigenvalue weighted by Gasteiger charge is 2.37. The summed E-state index contributed by atoms with van der Waals surface area (Å²) in [6.07, 6.45) is -7.14. The van der Waals surface area contributed by atoms with E-state index < -0.39 is 35.2 Å². The fourth-order valence-corrected chi connectivity index (χ4v) is 3.29. The lowest BCUT2D eigenvalue weighted by Crippen LogP contribution is -2.20. The minimum atomic E-state index is -5.04. The Bertz CT molecular complexity index is 1430. The molecule has 0 spiro atoms. The van der Waals surface area contributed by atoms with Crippen LogP contribution in [0.3, 0.4) is 0 Å². The zero-order valence-corrected chi connectivity index (χ0v) is 19.6. The molecule has 2 aromatic carbocycles. The van der Waals surface area contributed by atoms with Gasteiger partial charge in [0.25, 0.3) is 0 Å². The third kappa shape index (κ3) is 6.19. The van der Waals surface area contributed by atoms with Crippen LogP contribution in [0.25, 0.3) is 5.82 Å². The van der Waals surface area contributed by atoms with E-state index in [9.17, 15) is 31.1 Å². The van der Waals surface area contributed by atoms with E-state index >= 15 is 0 Å². The van der Waals surface area contributed by atoms with Gasteiger partial charge in [0.1, 0.15) is 24.2 Å². The lowest BCUT2D eigenvalue weighted by molar-refractivity contribution is -0.143. The Balaban J connectivity index is 1.43. The summed E-state index contributed by atoms with van der Waals surface area (Å²) in [6, 6.07) is 7.16. The third-order valence-corrected chi connectivity index (χ3v) is 5.31. The maximum absolute atomic E-state index is 13.0. The van der Waals surface area contributed by atoms with Gasteiger partial charge in [-0.2, -0.15) is 26.3 Å². The fraction of sp³-hybridized carbons (Fsp3) is 0.167. The second-order valence-corrected chi connectivity index (χ2v) is 8.00. The maximum Gasteiger partial charge on any atom is 0.416 e. The zero-order chi connectivity index (χ0) is 27.7. The Morgan fingerprint density at radius 2 is 1.42 bits per heavy atom. The summed E-state index contributed by atoms with van der Waals surface area (Å²) in [5.41, 5.74) is -1.83. The lowest BCUT2D eigenvalue weighted by Gasteiger charge is -2.15. The molecule has 0 saturated carbocycles. The van der Waals surface area contributed by atoms with Gasteiger partial charge in [-0.1, -0.05) is 0 Å². The molecule has 0 aliphatic rings. The molecule has 4 aromatic rings. The number of imidazole rings is 1. The van der Waals surface area contributed by atoms with Crippen molar-refractivity contribution in [2.24, 2.45) is 0 Å². The summed E-state index contributed by atoms with van der Waals surface area (Å²) in [7, 11) is 0. The van der Waals surface area contributed by atoms with E-state index in [2.05, 4.69) is 20.3 Å². The Labute approximate surface area is 211 Å². The van der Waals surface area contributed by atoms with E-state index in [1.807, 2.05) is 19.2 Å². The molecule has 8 nitrogen and oxygen atoms in total. The Morgan fingerprint density at radius 3 is 1.97 bits per heavy atom. The summed E-state index contributed by atoms with van der Waals surface area (Å²) < 4.78 is 85.6. The molecule has 0 aliphatic heterocycles.